The molecule has 0 radical (unpaired) electrons. The number of nitrogens with zero attached hydrogens (tertiary/aromatic N) is 2. The van der Waals surface area contributed by atoms with Crippen molar-refractivity contribution >= 4 is 5.95 Å². The van der Waals surface area contributed by atoms with Gasteiger partial charge in [0.1, 0.15) is 0 Å². The fourth-order valence-electron chi connectivity index (χ4n) is 3.01. The second kappa shape index (κ2) is 6.26. The first-order chi connectivity index (χ1) is 8.74. The van der Waals surface area contributed by atoms with E-state index in [9.17, 15) is 0 Å². The number of hydrogen-bond donors (Lipinski definition) is 1. The molecule has 0 aliphatic heterocycles. The van der Waals surface area contributed by atoms with Gasteiger partial charge in [-0.1, -0.05) is 33.1 Å². The van der Waals surface area contributed by atoms with Crippen LogP contribution in [0.15, 0.2) is 6.20 Å². The van der Waals surface area contributed by atoms with E-state index < -0.39 is 0 Å². The molecule has 2 rings (SSSR count). The minimum absolute atomic E-state index is 0.581. The number of nitrogens with one attached hydrogen (secondary N) is 1. The zero-order valence-electron chi connectivity index (χ0n) is 12.1. The molecule has 1 aliphatic rings. The van der Waals surface area contributed by atoms with Gasteiger partial charge in [-0.3, -0.25) is 0 Å². The van der Waals surface area contributed by atoms with E-state index in [1.165, 1.54) is 44.9 Å². The van der Waals surface area contributed by atoms with Crippen LogP contribution in [0.3, 0.4) is 0 Å². The molecule has 1 aromatic heterocycles. The lowest BCUT2D eigenvalue weighted by Gasteiger charge is -2.25. The third-order valence-electron chi connectivity index (χ3n) is 4.13. The number of anilines is 1. The third kappa shape index (κ3) is 3.06. The van der Waals surface area contributed by atoms with Gasteiger partial charge in [-0.05, 0) is 32.6 Å². The highest BCUT2D eigenvalue weighted by atomic mass is 15.2. The Morgan fingerprint density at radius 1 is 1.28 bits per heavy atom. The van der Waals surface area contributed by atoms with Crippen LogP contribution in [0.4, 0.5) is 5.95 Å². The molecule has 1 saturated carbocycles. The summed E-state index contributed by atoms with van der Waals surface area (Å²) < 4.78 is 2.35. The molecule has 0 aromatic carbocycles. The van der Waals surface area contributed by atoms with Crippen LogP contribution in [0.2, 0.25) is 0 Å². The highest BCUT2D eigenvalue weighted by molar-refractivity contribution is 5.31. The van der Waals surface area contributed by atoms with Gasteiger partial charge >= 0.3 is 0 Å². The van der Waals surface area contributed by atoms with Crippen molar-refractivity contribution in [3.8, 4) is 0 Å². The summed E-state index contributed by atoms with van der Waals surface area (Å²) in [4.78, 5) is 4.67. The quantitative estimate of drug-likeness (QED) is 0.843. The van der Waals surface area contributed by atoms with E-state index >= 15 is 0 Å². The maximum absolute atomic E-state index is 4.67. The Kier molecular flexibility index (Phi) is 4.67. The average Bonchev–Trinajstić information content (AvgIpc) is 2.73. The Balaban J connectivity index is 2.10. The molecule has 0 bridgehead atoms. The Labute approximate surface area is 111 Å². The van der Waals surface area contributed by atoms with Crippen molar-refractivity contribution in [3.05, 3.63) is 11.9 Å². The van der Waals surface area contributed by atoms with Crippen molar-refractivity contribution in [2.75, 3.05) is 5.32 Å². The topological polar surface area (TPSA) is 29.9 Å². The van der Waals surface area contributed by atoms with E-state index in [4.69, 9.17) is 0 Å². The first-order valence-electron chi connectivity index (χ1n) is 7.56. The normalized spacial score (nSPS) is 17.3. The van der Waals surface area contributed by atoms with Gasteiger partial charge in [0.05, 0.1) is 5.69 Å². The van der Waals surface area contributed by atoms with Crippen LogP contribution in [0.5, 0.6) is 0 Å². The Morgan fingerprint density at radius 3 is 2.56 bits per heavy atom. The summed E-state index contributed by atoms with van der Waals surface area (Å²) in [6, 6.07) is 1.21. The van der Waals surface area contributed by atoms with E-state index in [0.29, 0.717) is 12.1 Å². The number of aryl methyl sites for hydroxylation is 1. The molecule has 1 aliphatic carbocycles. The smallest absolute Gasteiger partial charge is 0.203 e. The largest absolute Gasteiger partial charge is 0.353 e. The van der Waals surface area contributed by atoms with Crippen LogP contribution >= 0.6 is 0 Å². The first-order valence-corrected chi connectivity index (χ1v) is 7.56. The second-order valence-electron chi connectivity index (χ2n) is 5.56. The fraction of sp³-hybridized carbons (Fsp3) is 0.800. The Morgan fingerprint density at radius 2 is 1.94 bits per heavy atom. The summed E-state index contributed by atoms with van der Waals surface area (Å²) >= 11 is 0. The number of hydrogen-bond acceptors (Lipinski definition) is 2. The van der Waals surface area contributed by atoms with Gasteiger partial charge in [0.25, 0.3) is 0 Å². The molecule has 1 N–H and O–H groups in total. The van der Waals surface area contributed by atoms with Gasteiger partial charge < -0.3 is 9.88 Å². The minimum Gasteiger partial charge on any atom is -0.353 e. The predicted octanol–water partition coefficient (Wildman–Crippen LogP) is 4.30. The zero-order chi connectivity index (χ0) is 13.0. The van der Waals surface area contributed by atoms with E-state index in [1.54, 1.807) is 0 Å². The molecule has 3 nitrogen and oxygen atoms in total. The van der Waals surface area contributed by atoms with Gasteiger partial charge in [-0.15, -0.1) is 0 Å². The summed E-state index contributed by atoms with van der Waals surface area (Å²) in [6.07, 6.45) is 11.3. The number of rotatable bonds is 5. The van der Waals surface area contributed by atoms with E-state index in [0.717, 1.165) is 11.6 Å². The molecule has 1 heterocycles. The zero-order valence-corrected chi connectivity index (χ0v) is 12.1. The number of aromatic nitrogens is 2. The Bertz CT molecular complexity index is 360. The van der Waals surface area contributed by atoms with Gasteiger partial charge in [-0.25, -0.2) is 4.98 Å². The maximum atomic E-state index is 4.67. The van der Waals surface area contributed by atoms with Gasteiger partial charge in [0.2, 0.25) is 5.95 Å². The van der Waals surface area contributed by atoms with Crippen LogP contribution in [0.25, 0.3) is 0 Å². The van der Waals surface area contributed by atoms with Crippen LogP contribution in [0, 0.1) is 6.92 Å². The summed E-state index contributed by atoms with van der Waals surface area (Å²) in [5.41, 5.74) is 1.13. The fourth-order valence-corrected chi connectivity index (χ4v) is 3.01. The standard InChI is InChI=1S/C15H27N3/c1-4-14(5-2)18-11-12(3)16-15(18)17-13-9-7-6-8-10-13/h11,13-14H,4-10H2,1-3H3,(H,16,17). The first kappa shape index (κ1) is 13.4. The lowest BCUT2D eigenvalue weighted by Crippen LogP contribution is -2.25. The molecule has 0 unspecified atom stereocenters. The lowest BCUT2D eigenvalue weighted by molar-refractivity contribution is 0.445. The van der Waals surface area contributed by atoms with Gasteiger partial charge in [0.15, 0.2) is 0 Å². The molecule has 0 saturated heterocycles. The highest BCUT2D eigenvalue weighted by Gasteiger charge is 2.18. The molecule has 1 fully saturated rings. The minimum atomic E-state index is 0.581. The van der Waals surface area contributed by atoms with E-state index in [1.807, 2.05) is 0 Å². The monoisotopic (exact) mass is 249 g/mol. The molecule has 18 heavy (non-hydrogen) atoms. The summed E-state index contributed by atoms with van der Waals surface area (Å²) in [6.45, 7) is 6.60. The predicted molar refractivity (Wildman–Crippen MR) is 77.1 cm³/mol. The van der Waals surface area contributed by atoms with Crippen molar-refractivity contribution in [1.82, 2.24) is 9.55 Å². The van der Waals surface area contributed by atoms with Crippen molar-refractivity contribution in [2.45, 2.75) is 77.8 Å². The molecule has 102 valence electrons. The second-order valence-corrected chi connectivity index (χ2v) is 5.56. The summed E-state index contributed by atoms with van der Waals surface area (Å²) in [7, 11) is 0. The average molecular weight is 249 g/mol. The van der Waals surface area contributed by atoms with E-state index in [-0.39, 0.29) is 0 Å². The van der Waals surface area contributed by atoms with Crippen LogP contribution in [-0.2, 0) is 0 Å². The molecular weight excluding hydrogens is 222 g/mol. The van der Waals surface area contributed by atoms with Crippen molar-refractivity contribution in [1.29, 1.82) is 0 Å². The SMILES string of the molecule is CCC(CC)n1cc(C)nc1NC1CCCCC1. The maximum Gasteiger partial charge on any atom is 0.203 e. The number of imidazole rings is 1. The lowest BCUT2D eigenvalue weighted by atomic mass is 9.96. The molecule has 0 spiro atoms. The van der Waals surface area contributed by atoms with Crippen molar-refractivity contribution < 1.29 is 0 Å². The van der Waals surface area contributed by atoms with Crippen molar-refractivity contribution in [2.24, 2.45) is 0 Å². The molecule has 0 atom stereocenters. The molecule has 1 aromatic rings. The summed E-state index contributed by atoms with van der Waals surface area (Å²) in [5.74, 6) is 1.09. The van der Waals surface area contributed by atoms with E-state index in [2.05, 4.69) is 41.8 Å². The van der Waals surface area contributed by atoms with Gasteiger partial charge in [-0.2, -0.15) is 0 Å². The van der Waals surface area contributed by atoms with Crippen molar-refractivity contribution in [3.63, 3.8) is 0 Å². The molecular formula is C15H27N3. The molecule has 3 heteroatoms. The van der Waals surface area contributed by atoms with Crippen LogP contribution < -0.4 is 5.32 Å². The van der Waals surface area contributed by atoms with Crippen LogP contribution in [-0.4, -0.2) is 15.6 Å². The third-order valence-corrected chi connectivity index (χ3v) is 4.13. The van der Waals surface area contributed by atoms with Gasteiger partial charge in [0, 0.05) is 18.3 Å². The highest BCUT2D eigenvalue weighted by Crippen LogP contribution is 2.25. The molecule has 0 amide bonds. The van der Waals surface area contributed by atoms with Crippen LogP contribution in [0.1, 0.15) is 70.5 Å². The Hall–Kier alpha value is -0.990. The summed E-state index contributed by atoms with van der Waals surface area (Å²) in [5, 5.41) is 3.67.